The van der Waals surface area contributed by atoms with Crippen molar-refractivity contribution < 1.29 is 33.7 Å². The fourth-order valence-corrected chi connectivity index (χ4v) is 3.02. The molecule has 2 aromatic rings. The van der Waals surface area contributed by atoms with Crippen LogP contribution in [0.1, 0.15) is 41.6 Å². The number of esters is 2. The molecule has 0 saturated heterocycles. The highest BCUT2D eigenvalue weighted by molar-refractivity contribution is 5.96. The lowest BCUT2D eigenvalue weighted by molar-refractivity contribution is -0.138. The highest BCUT2D eigenvalue weighted by atomic mass is 16.5. The maximum atomic E-state index is 11.7. The number of rotatable bonds is 13. The van der Waals surface area contributed by atoms with Crippen molar-refractivity contribution in [1.29, 1.82) is 0 Å². The van der Waals surface area contributed by atoms with E-state index in [4.69, 9.17) is 9.47 Å². The number of carbonyl (C=O) groups is 3. The van der Waals surface area contributed by atoms with Crippen molar-refractivity contribution in [2.45, 2.75) is 25.7 Å². The fraction of sp³-hybridized carbons (Fsp3) is 0.269. The van der Waals surface area contributed by atoms with Gasteiger partial charge in [-0.2, -0.15) is 0 Å². The summed E-state index contributed by atoms with van der Waals surface area (Å²) in [5.41, 5.74) is 2.23. The second-order valence-corrected chi connectivity index (χ2v) is 7.13. The van der Waals surface area contributed by atoms with E-state index in [0.717, 1.165) is 42.9 Å². The lowest BCUT2D eigenvalue weighted by atomic mass is 9.98. The number of hydrogen-bond donors (Lipinski definition) is 1. The molecule has 2 rings (SSSR count). The van der Waals surface area contributed by atoms with Crippen LogP contribution in [0.2, 0.25) is 0 Å². The summed E-state index contributed by atoms with van der Waals surface area (Å²) >= 11 is 0. The van der Waals surface area contributed by atoms with Crippen molar-refractivity contribution in [2.75, 3.05) is 20.3 Å². The Morgan fingerprint density at radius 3 is 2.27 bits per heavy atom. The number of hydrogen-bond acceptors (Lipinski definition) is 6. The third kappa shape index (κ3) is 8.65. The molecule has 0 bridgehead atoms. The molecule has 0 aliphatic carbocycles. The first-order valence-corrected chi connectivity index (χ1v) is 10.6. The molecule has 7 heteroatoms. The monoisotopic (exact) mass is 452 g/mol. The average Bonchev–Trinajstić information content (AvgIpc) is 2.83. The van der Waals surface area contributed by atoms with Gasteiger partial charge in [0.25, 0.3) is 0 Å². The predicted octanol–water partition coefficient (Wildman–Crippen LogP) is 4.91. The van der Waals surface area contributed by atoms with E-state index in [1.54, 1.807) is 42.5 Å². The second kappa shape index (κ2) is 13.5. The van der Waals surface area contributed by atoms with E-state index in [-0.39, 0.29) is 5.56 Å². The summed E-state index contributed by atoms with van der Waals surface area (Å²) < 4.78 is 15.3. The molecule has 33 heavy (non-hydrogen) atoms. The summed E-state index contributed by atoms with van der Waals surface area (Å²) in [5, 5.41) is 9.57. The first kappa shape index (κ1) is 25.4. The van der Waals surface area contributed by atoms with Crippen LogP contribution in [0.4, 0.5) is 0 Å². The van der Waals surface area contributed by atoms with Crippen LogP contribution in [-0.4, -0.2) is 43.3 Å². The van der Waals surface area contributed by atoms with Crippen LogP contribution in [0.3, 0.4) is 0 Å². The van der Waals surface area contributed by atoms with Gasteiger partial charge in [0.05, 0.1) is 25.9 Å². The minimum Gasteiger partial charge on any atom is -0.494 e. The number of methoxy groups -OCH3 is 1. The SMILES string of the molecule is C=CC(=O)OCCCCCCOc1ccc(C(=O)O)c(-c2ccc(/C=C/C(=O)OC)cc2)c1. The Morgan fingerprint density at radius 2 is 1.64 bits per heavy atom. The van der Waals surface area contributed by atoms with E-state index in [1.165, 1.54) is 19.3 Å². The molecule has 0 fully saturated rings. The van der Waals surface area contributed by atoms with Gasteiger partial charge in [-0.15, -0.1) is 0 Å². The fourth-order valence-electron chi connectivity index (χ4n) is 3.02. The van der Waals surface area contributed by atoms with E-state index >= 15 is 0 Å². The van der Waals surface area contributed by atoms with E-state index in [2.05, 4.69) is 11.3 Å². The molecule has 1 N–H and O–H groups in total. The average molecular weight is 453 g/mol. The van der Waals surface area contributed by atoms with Crippen LogP contribution in [0, 0.1) is 0 Å². The van der Waals surface area contributed by atoms with Crippen molar-refractivity contribution in [2.24, 2.45) is 0 Å². The van der Waals surface area contributed by atoms with Crippen LogP contribution in [0.25, 0.3) is 17.2 Å². The summed E-state index contributed by atoms with van der Waals surface area (Å²) in [7, 11) is 1.31. The third-order valence-electron chi connectivity index (χ3n) is 4.77. The van der Waals surface area contributed by atoms with E-state index < -0.39 is 17.9 Å². The van der Waals surface area contributed by atoms with Gasteiger partial charge in [0.2, 0.25) is 0 Å². The van der Waals surface area contributed by atoms with E-state index in [0.29, 0.717) is 24.5 Å². The van der Waals surface area contributed by atoms with Crippen molar-refractivity contribution in [1.82, 2.24) is 0 Å². The summed E-state index contributed by atoms with van der Waals surface area (Å²) in [6.45, 7) is 4.22. The van der Waals surface area contributed by atoms with Gasteiger partial charge in [0.1, 0.15) is 5.75 Å². The Morgan fingerprint density at radius 1 is 0.939 bits per heavy atom. The number of unbranched alkanes of at least 4 members (excludes halogenated alkanes) is 3. The van der Waals surface area contributed by atoms with Gasteiger partial charge in [0.15, 0.2) is 0 Å². The lowest BCUT2D eigenvalue weighted by Crippen LogP contribution is -2.03. The Balaban J connectivity index is 1.95. The van der Waals surface area contributed by atoms with Crippen molar-refractivity contribution in [3.63, 3.8) is 0 Å². The van der Waals surface area contributed by atoms with Gasteiger partial charge in [-0.05, 0) is 66.6 Å². The predicted molar refractivity (Wildman–Crippen MR) is 125 cm³/mol. The molecule has 7 nitrogen and oxygen atoms in total. The van der Waals surface area contributed by atoms with Crippen molar-refractivity contribution in [3.05, 3.63) is 72.3 Å². The summed E-state index contributed by atoms with van der Waals surface area (Å²) in [4.78, 5) is 33.9. The quantitative estimate of drug-likeness (QED) is 0.262. The molecular weight excluding hydrogens is 424 g/mol. The molecule has 174 valence electrons. The third-order valence-corrected chi connectivity index (χ3v) is 4.77. The number of aromatic carboxylic acids is 1. The zero-order valence-corrected chi connectivity index (χ0v) is 18.6. The van der Waals surface area contributed by atoms with Gasteiger partial charge >= 0.3 is 17.9 Å². The molecule has 0 aliphatic heterocycles. The maximum Gasteiger partial charge on any atom is 0.336 e. The zero-order chi connectivity index (χ0) is 24.1. The number of benzene rings is 2. The zero-order valence-electron chi connectivity index (χ0n) is 18.6. The van der Waals surface area contributed by atoms with E-state index in [1.807, 2.05) is 0 Å². The standard InChI is InChI=1S/C26H28O7/c1-3-24(27)33-17-7-5-4-6-16-32-21-13-14-22(26(29)30)23(18-21)20-11-8-19(9-12-20)10-15-25(28)31-2/h3,8-15,18H,1,4-7,16-17H2,2H3,(H,29,30)/b15-10+. The summed E-state index contributed by atoms with van der Waals surface area (Å²) in [5.74, 6) is -1.30. The maximum absolute atomic E-state index is 11.7. The number of carboxylic acids is 1. The lowest BCUT2D eigenvalue weighted by Gasteiger charge is -2.11. The smallest absolute Gasteiger partial charge is 0.336 e. The van der Waals surface area contributed by atoms with E-state index in [9.17, 15) is 19.5 Å². The molecule has 0 heterocycles. The molecule has 0 spiro atoms. The largest absolute Gasteiger partial charge is 0.494 e. The molecule has 0 atom stereocenters. The highest BCUT2D eigenvalue weighted by Gasteiger charge is 2.13. The van der Waals surface area contributed by atoms with Crippen molar-refractivity contribution in [3.8, 4) is 16.9 Å². The molecule has 0 saturated carbocycles. The van der Waals surface area contributed by atoms with Gasteiger partial charge < -0.3 is 19.3 Å². The Bertz CT molecular complexity index is 990. The summed E-state index contributed by atoms with van der Waals surface area (Å²) in [6.07, 6.45) is 7.53. The molecule has 0 unspecified atom stereocenters. The first-order valence-electron chi connectivity index (χ1n) is 10.6. The Labute approximate surface area is 193 Å². The van der Waals surface area contributed by atoms with Crippen LogP contribution >= 0.6 is 0 Å². The molecule has 0 aliphatic rings. The number of carboxylic acid groups (broad SMARTS) is 1. The Kier molecular flexibility index (Phi) is 10.4. The molecule has 2 aromatic carbocycles. The van der Waals surface area contributed by atoms with Crippen LogP contribution < -0.4 is 4.74 Å². The topological polar surface area (TPSA) is 99.1 Å². The molecule has 0 aromatic heterocycles. The van der Waals surface area contributed by atoms with Crippen LogP contribution in [0.15, 0.2) is 61.2 Å². The van der Waals surface area contributed by atoms with Crippen LogP contribution in [-0.2, 0) is 19.1 Å². The molecule has 0 radical (unpaired) electrons. The second-order valence-electron chi connectivity index (χ2n) is 7.13. The van der Waals surface area contributed by atoms with Crippen molar-refractivity contribution >= 4 is 24.0 Å². The summed E-state index contributed by atoms with van der Waals surface area (Å²) in [6, 6.07) is 12.1. The van der Waals surface area contributed by atoms with Gasteiger partial charge in [-0.1, -0.05) is 30.8 Å². The normalized spacial score (nSPS) is 10.6. The minimum absolute atomic E-state index is 0.175. The van der Waals surface area contributed by atoms with Gasteiger partial charge in [-0.25, -0.2) is 14.4 Å². The first-order chi connectivity index (χ1) is 15.9. The number of carbonyl (C=O) groups excluding carboxylic acids is 2. The van der Waals surface area contributed by atoms with Gasteiger partial charge in [0, 0.05) is 12.2 Å². The van der Waals surface area contributed by atoms with Crippen LogP contribution in [0.5, 0.6) is 5.75 Å². The van der Waals surface area contributed by atoms with Gasteiger partial charge in [-0.3, -0.25) is 0 Å². The molecular formula is C26H28O7. The highest BCUT2D eigenvalue weighted by Crippen LogP contribution is 2.29. The number of ether oxygens (including phenoxy) is 3. The Hall–Kier alpha value is -3.87. The minimum atomic E-state index is -1.02. The molecule has 0 amide bonds.